The lowest BCUT2D eigenvalue weighted by molar-refractivity contribution is -0.112. The Hall–Kier alpha value is -1.52. The predicted molar refractivity (Wildman–Crippen MR) is 72.6 cm³/mol. The van der Waals surface area contributed by atoms with Gasteiger partial charge in [0.25, 0.3) is 0 Å². The molecule has 2 aromatic rings. The van der Waals surface area contributed by atoms with Crippen LogP contribution in [0.2, 0.25) is 0 Å². The van der Waals surface area contributed by atoms with Crippen LogP contribution in [0, 0.1) is 0 Å². The number of likely N-dealkylation sites (N-methyl/N-ethyl adjacent to an activating group) is 1. The molecule has 1 aromatic heterocycles. The molecule has 0 bridgehead atoms. The van der Waals surface area contributed by atoms with Gasteiger partial charge in [-0.15, -0.1) is 0 Å². The van der Waals surface area contributed by atoms with Crippen molar-refractivity contribution in [3.8, 4) is 0 Å². The summed E-state index contributed by atoms with van der Waals surface area (Å²) in [6, 6.07) is 6.09. The summed E-state index contributed by atoms with van der Waals surface area (Å²) in [6.07, 6.45) is 3.41. The molecule has 0 aliphatic carbocycles. The summed E-state index contributed by atoms with van der Waals surface area (Å²) in [7, 11) is 1.91. The number of carbonyl (C=O) groups excluding carboxylic acids is 1. The van der Waals surface area contributed by atoms with E-state index >= 15 is 0 Å². The maximum Gasteiger partial charge on any atom is 0.153 e. The molecule has 18 heavy (non-hydrogen) atoms. The van der Waals surface area contributed by atoms with Gasteiger partial charge in [-0.25, -0.2) is 0 Å². The van der Waals surface area contributed by atoms with Gasteiger partial charge in [0.05, 0.1) is 12.3 Å². The summed E-state index contributed by atoms with van der Waals surface area (Å²) in [6.45, 7) is 1.58. The first-order chi connectivity index (χ1) is 8.70. The molecule has 1 unspecified atom stereocenters. The lowest BCUT2D eigenvalue weighted by atomic mass is 10.0. The molecule has 3 nitrogen and oxygen atoms in total. The zero-order valence-corrected chi connectivity index (χ0v) is 11.0. The van der Waals surface area contributed by atoms with Gasteiger partial charge >= 0.3 is 0 Å². The first kappa shape index (κ1) is 11.6. The summed E-state index contributed by atoms with van der Waals surface area (Å²) < 4.78 is 5.43. The highest BCUT2D eigenvalue weighted by Gasteiger charge is 2.29. The van der Waals surface area contributed by atoms with Crippen molar-refractivity contribution in [3.05, 3.63) is 41.0 Å². The molecule has 0 radical (unpaired) electrons. The maximum absolute atomic E-state index is 11.3. The molecule has 1 N–H and O–H groups in total. The van der Waals surface area contributed by atoms with Gasteiger partial charge in [0.2, 0.25) is 0 Å². The molecule has 0 spiro atoms. The molecule has 0 saturated heterocycles. The van der Waals surface area contributed by atoms with Crippen LogP contribution in [0.5, 0.6) is 0 Å². The third kappa shape index (κ3) is 1.69. The summed E-state index contributed by atoms with van der Waals surface area (Å²) >= 11 is 1.65. The Bertz CT molecular complexity index is 657. The second-order valence-corrected chi connectivity index (χ2v) is 5.41. The van der Waals surface area contributed by atoms with E-state index in [-0.39, 0.29) is 11.8 Å². The molecule has 1 atom stereocenters. The Morgan fingerprint density at radius 2 is 2.28 bits per heavy atom. The van der Waals surface area contributed by atoms with Crippen LogP contribution >= 0.6 is 11.8 Å². The molecule has 0 fully saturated rings. The van der Waals surface area contributed by atoms with Crippen LogP contribution in [-0.2, 0) is 4.79 Å². The number of furan rings is 1. The van der Waals surface area contributed by atoms with Crippen LogP contribution in [0.15, 0.2) is 44.8 Å². The van der Waals surface area contributed by atoms with Crippen molar-refractivity contribution in [1.29, 1.82) is 0 Å². The molecule has 4 heteroatoms. The van der Waals surface area contributed by atoms with Crippen LogP contribution in [0.25, 0.3) is 11.0 Å². The van der Waals surface area contributed by atoms with Crippen LogP contribution < -0.4 is 5.32 Å². The number of ketones is 1. The normalized spacial score (nSPS) is 20.6. The van der Waals surface area contributed by atoms with E-state index in [0.29, 0.717) is 0 Å². The number of hydrogen-bond acceptors (Lipinski definition) is 4. The Labute approximate surface area is 109 Å². The van der Waals surface area contributed by atoms with Crippen LogP contribution in [-0.4, -0.2) is 12.8 Å². The zero-order chi connectivity index (χ0) is 12.7. The van der Waals surface area contributed by atoms with Crippen molar-refractivity contribution in [2.45, 2.75) is 17.9 Å². The van der Waals surface area contributed by atoms with Crippen molar-refractivity contribution in [3.63, 3.8) is 0 Å². The molecule has 2 heterocycles. The van der Waals surface area contributed by atoms with Crippen molar-refractivity contribution < 1.29 is 9.21 Å². The molecule has 0 saturated carbocycles. The van der Waals surface area contributed by atoms with E-state index in [1.54, 1.807) is 31.0 Å². The van der Waals surface area contributed by atoms with E-state index in [2.05, 4.69) is 11.4 Å². The average molecular weight is 259 g/mol. The SMILES string of the molecule is CNC1/C(=C/C(C)=O)Sc2ccc3occc3c21. The van der Waals surface area contributed by atoms with Crippen molar-refractivity contribution in [2.75, 3.05) is 7.05 Å². The highest BCUT2D eigenvalue weighted by atomic mass is 32.2. The van der Waals surface area contributed by atoms with Crippen LogP contribution in [0.3, 0.4) is 0 Å². The quantitative estimate of drug-likeness (QED) is 0.840. The van der Waals surface area contributed by atoms with Gasteiger partial charge in [-0.3, -0.25) is 4.79 Å². The van der Waals surface area contributed by atoms with E-state index in [1.165, 1.54) is 10.5 Å². The monoisotopic (exact) mass is 259 g/mol. The van der Waals surface area contributed by atoms with E-state index in [0.717, 1.165) is 15.9 Å². The van der Waals surface area contributed by atoms with Gasteiger partial charge in [0.1, 0.15) is 5.58 Å². The van der Waals surface area contributed by atoms with Crippen LogP contribution in [0.1, 0.15) is 18.5 Å². The summed E-state index contributed by atoms with van der Waals surface area (Å²) in [5.41, 5.74) is 2.10. The number of rotatable bonds is 2. The minimum atomic E-state index is 0.0778. The second-order valence-electron chi connectivity index (χ2n) is 4.29. The number of thioether (sulfide) groups is 1. The van der Waals surface area contributed by atoms with Crippen molar-refractivity contribution in [2.24, 2.45) is 0 Å². The maximum atomic E-state index is 11.3. The fraction of sp³-hybridized carbons (Fsp3) is 0.214. The largest absolute Gasteiger partial charge is 0.464 e. The average Bonchev–Trinajstić information content (AvgIpc) is 2.89. The summed E-state index contributed by atoms with van der Waals surface area (Å²) in [5.74, 6) is 0.0778. The van der Waals surface area contributed by atoms with E-state index in [4.69, 9.17) is 4.42 Å². The molecule has 92 valence electrons. The van der Waals surface area contributed by atoms with Crippen molar-refractivity contribution >= 4 is 28.5 Å². The van der Waals surface area contributed by atoms with Gasteiger partial charge < -0.3 is 9.73 Å². The Kier molecular flexibility index (Phi) is 2.76. The zero-order valence-electron chi connectivity index (χ0n) is 10.2. The third-order valence-corrected chi connectivity index (χ3v) is 4.24. The van der Waals surface area contributed by atoms with E-state index in [9.17, 15) is 4.79 Å². The van der Waals surface area contributed by atoms with Gasteiger partial charge in [-0.1, -0.05) is 11.8 Å². The first-order valence-corrected chi connectivity index (χ1v) is 6.59. The van der Waals surface area contributed by atoms with E-state index in [1.807, 2.05) is 19.2 Å². The third-order valence-electron chi connectivity index (χ3n) is 3.07. The topological polar surface area (TPSA) is 42.2 Å². The van der Waals surface area contributed by atoms with Crippen LogP contribution in [0.4, 0.5) is 0 Å². The molecular weight excluding hydrogens is 246 g/mol. The molecular formula is C14H13NO2S. The minimum absolute atomic E-state index is 0.0778. The first-order valence-electron chi connectivity index (χ1n) is 5.78. The fourth-order valence-electron chi connectivity index (χ4n) is 2.36. The Balaban J connectivity index is 2.20. The Morgan fingerprint density at radius 1 is 1.44 bits per heavy atom. The van der Waals surface area contributed by atoms with E-state index < -0.39 is 0 Å². The standard InChI is InChI=1S/C14H13NO2S/c1-8(16)7-12-14(15-2)13-9-5-6-17-10(9)3-4-11(13)18-12/h3-7,14-15H,1-2H3/b12-7-. The Morgan fingerprint density at radius 3 is 3.00 bits per heavy atom. The summed E-state index contributed by atoms with van der Waals surface area (Å²) in [4.78, 5) is 13.5. The van der Waals surface area contributed by atoms with Gasteiger partial charge in [0.15, 0.2) is 5.78 Å². The fourth-order valence-corrected chi connectivity index (χ4v) is 3.67. The van der Waals surface area contributed by atoms with Gasteiger partial charge in [-0.2, -0.15) is 0 Å². The molecule has 0 amide bonds. The highest BCUT2D eigenvalue weighted by molar-refractivity contribution is 8.03. The molecule has 3 rings (SSSR count). The molecule has 1 aromatic carbocycles. The summed E-state index contributed by atoms with van der Waals surface area (Å²) in [5, 5.41) is 4.39. The number of fused-ring (bicyclic) bond motifs is 3. The minimum Gasteiger partial charge on any atom is -0.464 e. The number of hydrogen-bond donors (Lipinski definition) is 1. The highest BCUT2D eigenvalue weighted by Crippen LogP contribution is 2.49. The molecule has 1 aliphatic rings. The number of nitrogens with one attached hydrogen (secondary N) is 1. The smallest absolute Gasteiger partial charge is 0.153 e. The van der Waals surface area contributed by atoms with Crippen molar-refractivity contribution in [1.82, 2.24) is 5.32 Å². The van der Waals surface area contributed by atoms with Gasteiger partial charge in [0, 0.05) is 15.2 Å². The number of allylic oxidation sites excluding steroid dienone is 1. The predicted octanol–water partition coefficient (Wildman–Crippen LogP) is 3.27. The molecule has 1 aliphatic heterocycles. The number of carbonyl (C=O) groups is 1. The lowest BCUT2D eigenvalue weighted by Crippen LogP contribution is -2.15. The number of benzene rings is 1. The second kappa shape index (κ2) is 4.30. The lowest BCUT2D eigenvalue weighted by Gasteiger charge is -2.11. The van der Waals surface area contributed by atoms with Gasteiger partial charge in [-0.05, 0) is 43.8 Å².